The van der Waals surface area contributed by atoms with Crippen LogP contribution in [-0.2, 0) is 32.4 Å². The molecule has 1 aromatic rings. The van der Waals surface area contributed by atoms with E-state index in [1.54, 1.807) is 4.90 Å². The second-order valence-electron chi connectivity index (χ2n) is 9.38. The number of amides is 3. The molecule has 3 amide bonds. The number of hydrogen-bond acceptors (Lipinski definition) is 9. The molecular weight excluding hydrogens is 572 g/mol. The molecule has 4 aliphatic rings. The number of thioether (sulfide) groups is 2. The molecular formula is C22H22F3N6NaO5S2. The van der Waals surface area contributed by atoms with E-state index in [0.29, 0.717) is 36.6 Å². The van der Waals surface area contributed by atoms with Gasteiger partial charge in [-0.3, -0.25) is 19.3 Å². The Bertz CT molecular complexity index is 1280. The molecule has 1 saturated carbocycles. The van der Waals surface area contributed by atoms with Gasteiger partial charge in [0.1, 0.15) is 11.4 Å². The molecule has 1 aromatic heterocycles. The first-order valence-electron chi connectivity index (χ1n) is 11.7. The van der Waals surface area contributed by atoms with E-state index in [2.05, 4.69) is 15.5 Å². The minimum Gasteiger partial charge on any atom is -0.543 e. The van der Waals surface area contributed by atoms with E-state index in [1.807, 2.05) is 0 Å². The Labute approximate surface area is 251 Å². The van der Waals surface area contributed by atoms with Crippen LogP contribution in [-0.4, -0.2) is 84.3 Å². The van der Waals surface area contributed by atoms with Crippen LogP contribution < -0.4 is 40.0 Å². The first kappa shape index (κ1) is 30.0. The SMILES string of the molecule is Cn1c(SCC(=O)N[C@@H]2C(=O)N3C(C(=O)[O-])=C(/C=C4\CCN(CC5CC5)C4=O)CS[C@H]23)nnc1C(F)(F)F.[Na+]. The number of carboxylic acids is 1. The molecule has 5 rings (SSSR count). The summed E-state index contributed by atoms with van der Waals surface area (Å²) in [5.74, 6) is -3.78. The van der Waals surface area contributed by atoms with E-state index in [1.165, 1.54) is 17.8 Å². The molecule has 0 bridgehead atoms. The average Bonchev–Trinajstić information content (AvgIpc) is 3.50. The third-order valence-corrected chi connectivity index (χ3v) is 8.99. The van der Waals surface area contributed by atoms with Crippen molar-refractivity contribution in [3.63, 3.8) is 0 Å². The maximum Gasteiger partial charge on any atom is 1.00 e. The van der Waals surface area contributed by atoms with Gasteiger partial charge in [-0.1, -0.05) is 11.8 Å². The third-order valence-electron chi connectivity index (χ3n) is 6.67. The van der Waals surface area contributed by atoms with Crippen molar-refractivity contribution in [1.29, 1.82) is 0 Å². The van der Waals surface area contributed by atoms with Crippen molar-refractivity contribution in [3.05, 3.63) is 28.7 Å². The fraction of sp³-hybridized carbons (Fsp3) is 0.545. The number of carbonyl (C=O) groups is 4. The Balaban J connectivity index is 0.00000353. The number of carboxylic acid groups (broad SMARTS) is 1. The summed E-state index contributed by atoms with van der Waals surface area (Å²) in [6.45, 7) is 1.27. The number of nitrogens with one attached hydrogen (secondary N) is 1. The molecule has 0 spiro atoms. The van der Waals surface area contributed by atoms with Crippen LogP contribution in [0.15, 0.2) is 28.1 Å². The van der Waals surface area contributed by atoms with Crippen molar-refractivity contribution < 1.29 is 67.0 Å². The topological polar surface area (TPSA) is 141 Å². The normalized spacial score (nSPS) is 24.1. The molecule has 3 aliphatic heterocycles. The van der Waals surface area contributed by atoms with Gasteiger partial charge in [-0.2, -0.15) is 13.2 Å². The number of allylic oxidation sites excluding steroid dienone is 1. The smallest absolute Gasteiger partial charge is 0.543 e. The van der Waals surface area contributed by atoms with Gasteiger partial charge in [0.2, 0.25) is 17.6 Å². The second kappa shape index (κ2) is 11.5. The Hall–Kier alpha value is -2.01. The van der Waals surface area contributed by atoms with Gasteiger partial charge in [-0.05, 0) is 36.8 Å². The minimum absolute atomic E-state index is 0. The largest absolute Gasteiger partial charge is 1.00 e. The van der Waals surface area contributed by atoms with Crippen LogP contribution in [0.3, 0.4) is 0 Å². The molecule has 0 unspecified atom stereocenters. The number of aliphatic carboxylic acids is 1. The Kier molecular flexibility index (Phi) is 8.81. The number of halogens is 3. The van der Waals surface area contributed by atoms with Crippen molar-refractivity contribution in [2.75, 3.05) is 24.6 Å². The van der Waals surface area contributed by atoms with Gasteiger partial charge in [0, 0.05) is 31.5 Å². The quantitative estimate of drug-likeness (QED) is 0.144. The number of fused-ring (bicyclic) bond motifs is 1. The van der Waals surface area contributed by atoms with Crippen LogP contribution in [0.2, 0.25) is 0 Å². The summed E-state index contributed by atoms with van der Waals surface area (Å²) in [6.07, 6.45) is -0.455. The summed E-state index contributed by atoms with van der Waals surface area (Å²) in [6, 6.07) is -1.01. The van der Waals surface area contributed by atoms with Crippen LogP contribution in [0.4, 0.5) is 13.2 Å². The zero-order chi connectivity index (χ0) is 27.4. The first-order chi connectivity index (χ1) is 18.0. The molecule has 204 valence electrons. The molecule has 1 N–H and O–H groups in total. The van der Waals surface area contributed by atoms with E-state index in [4.69, 9.17) is 0 Å². The third kappa shape index (κ3) is 6.04. The van der Waals surface area contributed by atoms with E-state index in [-0.39, 0.29) is 57.8 Å². The number of likely N-dealkylation sites (tertiary alicyclic amines) is 1. The summed E-state index contributed by atoms with van der Waals surface area (Å²) in [4.78, 5) is 52.8. The van der Waals surface area contributed by atoms with Crippen molar-refractivity contribution in [1.82, 2.24) is 29.9 Å². The summed E-state index contributed by atoms with van der Waals surface area (Å²) >= 11 is 1.96. The molecule has 17 heteroatoms. The van der Waals surface area contributed by atoms with E-state index in [0.717, 1.165) is 41.1 Å². The number of hydrogen-bond donors (Lipinski definition) is 1. The van der Waals surface area contributed by atoms with Crippen LogP contribution in [0.25, 0.3) is 0 Å². The molecule has 1 aliphatic carbocycles. The minimum atomic E-state index is -4.69. The molecule has 2 saturated heterocycles. The second-order valence-corrected chi connectivity index (χ2v) is 11.4. The van der Waals surface area contributed by atoms with Crippen molar-refractivity contribution in [2.45, 2.75) is 42.0 Å². The van der Waals surface area contributed by atoms with E-state index >= 15 is 0 Å². The van der Waals surface area contributed by atoms with Crippen LogP contribution in [0, 0.1) is 5.92 Å². The standard InChI is InChI=1S/C22H23F3N6O5S2.Na/c1-29-20(22(23,24)25)27-28-21(29)38-9-13(32)26-14-17(34)31-15(19(35)36)12(8-37-18(14)31)6-11-4-5-30(16(11)33)7-10-2-3-10;/h6,10,14,18H,2-5,7-9H2,1H3,(H,26,32)(H,35,36);/q;+1/p-1/b11-6+;/t14-,18-;/m1./s1. The predicted molar refractivity (Wildman–Crippen MR) is 126 cm³/mol. The number of aromatic nitrogens is 3. The van der Waals surface area contributed by atoms with Gasteiger partial charge in [0.15, 0.2) is 5.16 Å². The monoisotopic (exact) mass is 594 g/mol. The number of β-lactam (4-membered cyclic amide) rings is 1. The van der Waals surface area contributed by atoms with Gasteiger partial charge in [-0.25, -0.2) is 0 Å². The summed E-state index contributed by atoms with van der Waals surface area (Å²) < 4.78 is 39.3. The number of nitrogens with zero attached hydrogens (tertiary/aromatic N) is 5. The molecule has 3 fully saturated rings. The van der Waals surface area contributed by atoms with Gasteiger partial charge < -0.3 is 24.7 Å². The molecule has 0 aromatic carbocycles. The zero-order valence-corrected chi connectivity index (χ0v) is 24.6. The molecule has 4 heterocycles. The summed E-state index contributed by atoms with van der Waals surface area (Å²) in [5, 5.41) is 20.2. The van der Waals surface area contributed by atoms with Crippen LogP contribution >= 0.6 is 23.5 Å². The van der Waals surface area contributed by atoms with Gasteiger partial charge in [0.05, 0.1) is 17.4 Å². The van der Waals surface area contributed by atoms with Gasteiger partial charge in [-0.15, -0.1) is 22.0 Å². The Morgan fingerprint density at radius 1 is 1.26 bits per heavy atom. The molecule has 11 nitrogen and oxygen atoms in total. The number of rotatable bonds is 8. The number of alkyl halides is 3. The van der Waals surface area contributed by atoms with Crippen LogP contribution in [0.1, 0.15) is 25.1 Å². The zero-order valence-electron chi connectivity index (χ0n) is 21.0. The average molecular weight is 595 g/mol. The predicted octanol–water partition coefficient (Wildman–Crippen LogP) is -3.10. The Morgan fingerprint density at radius 3 is 2.59 bits per heavy atom. The fourth-order valence-electron chi connectivity index (χ4n) is 4.57. The molecule has 0 radical (unpaired) electrons. The van der Waals surface area contributed by atoms with Crippen molar-refractivity contribution >= 4 is 47.2 Å². The van der Waals surface area contributed by atoms with Gasteiger partial charge in [0.25, 0.3) is 5.91 Å². The molecule has 39 heavy (non-hydrogen) atoms. The molecule has 2 atom stereocenters. The van der Waals surface area contributed by atoms with Crippen molar-refractivity contribution in [2.24, 2.45) is 13.0 Å². The van der Waals surface area contributed by atoms with E-state index in [9.17, 15) is 37.5 Å². The summed E-state index contributed by atoms with van der Waals surface area (Å²) in [5.41, 5.74) is 0.475. The maximum absolute atomic E-state index is 12.9. The Morgan fingerprint density at radius 2 is 1.97 bits per heavy atom. The van der Waals surface area contributed by atoms with E-state index < -0.39 is 41.2 Å². The first-order valence-corrected chi connectivity index (χ1v) is 13.8. The van der Waals surface area contributed by atoms with Crippen LogP contribution in [0.5, 0.6) is 0 Å². The number of carbonyl (C=O) groups excluding carboxylic acids is 4. The van der Waals surface area contributed by atoms with Gasteiger partial charge >= 0.3 is 35.7 Å². The fourth-order valence-corrected chi connectivity index (χ4v) is 6.60. The maximum atomic E-state index is 12.9. The van der Waals surface area contributed by atoms with Crippen molar-refractivity contribution in [3.8, 4) is 0 Å². The summed E-state index contributed by atoms with van der Waals surface area (Å²) in [7, 11) is 1.12.